The molecule has 198 valence electrons. The molecule has 2 atom stereocenters. The number of ether oxygens (including phenoxy) is 2. The van der Waals surface area contributed by atoms with Crippen molar-refractivity contribution in [1.82, 2.24) is 5.32 Å². The lowest BCUT2D eigenvalue weighted by Crippen LogP contribution is -2.49. The predicted octanol–water partition coefficient (Wildman–Crippen LogP) is 5.42. The van der Waals surface area contributed by atoms with Crippen molar-refractivity contribution in [2.75, 3.05) is 6.54 Å². The number of rotatable bonds is 11. The van der Waals surface area contributed by atoms with Gasteiger partial charge in [-0.3, -0.25) is 0 Å². The number of nitrogens with one attached hydrogen (secondary N) is 1. The monoisotopic (exact) mass is 502 g/mol. The van der Waals surface area contributed by atoms with Crippen molar-refractivity contribution in [1.29, 1.82) is 0 Å². The highest BCUT2D eigenvalue weighted by Crippen LogP contribution is 2.38. The van der Waals surface area contributed by atoms with Gasteiger partial charge < -0.3 is 24.1 Å². The maximum Gasteiger partial charge on any atom is 0.457 e. The molecule has 1 N–H and O–H groups in total. The van der Waals surface area contributed by atoms with Crippen LogP contribution in [0.3, 0.4) is 0 Å². The van der Waals surface area contributed by atoms with Crippen LogP contribution >= 0.6 is 0 Å². The Labute approximate surface area is 214 Å². The molecule has 1 aromatic carbocycles. The fraction of sp³-hybridized carbons (Fsp3) is 0.680. The van der Waals surface area contributed by atoms with Crippen molar-refractivity contribution in [2.24, 2.45) is 11.0 Å². The number of carbonyl (C=O) groups is 2. The third-order valence-electron chi connectivity index (χ3n) is 6.31. The van der Waals surface area contributed by atoms with Crippen LogP contribution in [-0.4, -0.2) is 48.6 Å². The maximum absolute atomic E-state index is 13.1. The number of carbonyl (C=O) groups excluding carboxylic acids is 2. The Bertz CT molecular complexity index is 912. The SMILES string of the molecule is CC(C)(C)OC(=O)[C@@H](NC(=O)OCc1ccccc1)[C@H](CCCB1OC(C)(C)C(C)(C)O1)CN=[N+]=[N-]. The first-order valence-corrected chi connectivity index (χ1v) is 12.3. The van der Waals surface area contributed by atoms with E-state index < -0.39 is 40.8 Å². The summed E-state index contributed by atoms with van der Waals surface area (Å²) in [6.07, 6.45) is 0.903. The van der Waals surface area contributed by atoms with Gasteiger partial charge in [-0.25, -0.2) is 9.59 Å². The van der Waals surface area contributed by atoms with Crippen LogP contribution in [0.25, 0.3) is 10.4 Å². The number of azide groups is 1. The van der Waals surface area contributed by atoms with Crippen LogP contribution in [0.2, 0.25) is 6.32 Å². The van der Waals surface area contributed by atoms with Crippen LogP contribution in [0.4, 0.5) is 4.79 Å². The Balaban J connectivity index is 2.09. The van der Waals surface area contributed by atoms with Gasteiger partial charge in [-0.15, -0.1) is 0 Å². The topological polar surface area (TPSA) is 132 Å². The highest BCUT2D eigenvalue weighted by Gasteiger charge is 2.50. The fourth-order valence-electron chi connectivity index (χ4n) is 3.76. The molecule has 2 rings (SSSR count). The van der Waals surface area contributed by atoms with E-state index in [1.165, 1.54) is 0 Å². The summed E-state index contributed by atoms with van der Waals surface area (Å²) in [5.74, 6) is -1.13. The quantitative estimate of drug-likeness (QED) is 0.141. The molecule has 11 heteroatoms. The minimum Gasteiger partial charge on any atom is -0.458 e. The average molecular weight is 502 g/mol. The predicted molar refractivity (Wildman–Crippen MR) is 137 cm³/mol. The van der Waals surface area contributed by atoms with Crippen LogP contribution in [-0.2, 0) is 30.2 Å². The summed E-state index contributed by atoms with van der Waals surface area (Å²) in [5.41, 5.74) is 8.09. The largest absolute Gasteiger partial charge is 0.458 e. The van der Waals surface area contributed by atoms with Gasteiger partial charge in [-0.1, -0.05) is 41.9 Å². The number of benzene rings is 1. The van der Waals surface area contributed by atoms with Crippen LogP contribution in [0.5, 0.6) is 0 Å². The highest BCUT2D eigenvalue weighted by molar-refractivity contribution is 6.45. The van der Waals surface area contributed by atoms with Crippen LogP contribution < -0.4 is 5.32 Å². The number of alkyl carbamates (subject to hydrolysis) is 1. The molecular formula is C25H39BN4O6. The first-order chi connectivity index (χ1) is 16.7. The molecule has 0 spiro atoms. The number of nitrogens with zero attached hydrogens (tertiary/aromatic N) is 3. The lowest BCUT2D eigenvalue weighted by molar-refractivity contribution is -0.159. The second-order valence-corrected chi connectivity index (χ2v) is 11.0. The van der Waals surface area contributed by atoms with E-state index >= 15 is 0 Å². The maximum atomic E-state index is 13.1. The molecule has 1 amide bonds. The molecule has 36 heavy (non-hydrogen) atoms. The minimum absolute atomic E-state index is 0.00272. The van der Waals surface area contributed by atoms with Crippen molar-refractivity contribution in [2.45, 2.75) is 97.1 Å². The lowest BCUT2D eigenvalue weighted by atomic mass is 9.80. The summed E-state index contributed by atoms with van der Waals surface area (Å²) in [7, 11) is -0.390. The normalized spacial score (nSPS) is 18.0. The molecule has 1 fully saturated rings. The zero-order valence-electron chi connectivity index (χ0n) is 22.4. The van der Waals surface area contributed by atoms with Crippen LogP contribution in [0.1, 0.15) is 66.9 Å². The minimum atomic E-state index is -1.06. The fourth-order valence-corrected chi connectivity index (χ4v) is 3.76. The standard InChI is InChI=1S/C25H39BN4O6/c1-23(2,3)34-21(31)20(29-22(32)33-17-18-12-9-8-10-13-18)19(16-28-30-27)14-11-15-26-35-24(4,5)25(6,7)36-26/h8-10,12-13,19-20H,11,14-17H2,1-7H3,(H,29,32)/t19-,20+/m1/s1. The van der Waals surface area contributed by atoms with Gasteiger partial charge in [0.05, 0.1) is 11.2 Å². The number of hydrogen-bond donors (Lipinski definition) is 1. The third kappa shape index (κ3) is 9.04. The summed E-state index contributed by atoms with van der Waals surface area (Å²) in [6.45, 7) is 13.2. The van der Waals surface area contributed by atoms with E-state index in [4.69, 9.17) is 24.3 Å². The zero-order chi connectivity index (χ0) is 27.0. The Hall–Kier alpha value is -2.75. The van der Waals surface area contributed by atoms with Crippen molar-refractivity contribution >= 4 is 19.2 Å². The van der Waals surface area contributed by atoms with E-state index in [2.05, 4.69) is 15.3 Å². The molecule has 0 unspecified atom stereocenters. The molecule has 1 saturated heterocycles. The number of hydrogen-bond acceptors (Lipinski definition) is 7. The van der Waals surface area contributed by atoms with E-state index in [1.54, 1.807) is 20.8 Å². The van der Waals surface area contributed by atoms with Crippen molar-refractivity contribution < 1.29 is 28.4 Å². The van der Waals surface area contributed by atoms with Gasteiger partial charge in [0.15, 0.2) is 0 Å². The molecular weight excluding hydrogens is 463 g/mol. The van der Waals surface area contributed by atoms with Gasteiger partial charge in [0.1, 0.15) is 18.2 Å². The molecule has 10 nitrogen and oxygen atoms in total. The van der Waals surface area contributed by atoms with E-state index in [9.17, 15) is 9.59 Å². The highest BCUT2D eigenvalue weighted by atomic mass is 16.7. The first-order valence-electron chi connectivity index (χ1n) is 12.3. The molecule has 1 heterocycles. The molecule has 0 radical (unpaired) electrons. The second-order valence-electron chi connectivity index (χ2n) is 11.0. The third-order valence-corrected chi connectivity index (χ3v) is 6.31. The Morgan fingerprint density at radius 2 is 1.75 bits per heavy atom. The van der Waals surface area contributed by atoms with Gasteiger partial charge in [0.25, 0.3) is 0 Å². The first kappa shape index (κ1) is 29.5. The van der Waals surface area contributed by atoms with Crippen LogP contribution in [0.15, 0.2) is 35.4 Å². The van der Waals surface area contributed by atoms with Crippen molar-refractivity contribution in [3.8, 4) is 0 Å². The van der Waals surface area contributed by atoms with Crippen molar-refractivity contribution in [3.05, 3.63) is 46.3 Å². The van der Waals surface area contributed by atoms with Gasteiger partial charge in [-0.2, -0.15) is 0 Å². The van der Waals surface area contributed by atoms with E-state index in [-0.39, 0.29) is 20.3 Å². The summed E-state index contributed by atoms with van der Waals surface area (Å²) in [5, 5.41) is 6.33. The second kappa shape index (κ2) is 12.5. The van der Waals surface area contributed by atoms with E-state index in [0.29, 0.717) is 19.2 Å². The summed E-state index contributed by atoms with van der Waals surface area (Å²) < 4.78 is 23.0. The molecule has 0 aliphatic carbocycles. The Kier molecular flexibility index (Phi) is 10.2. The number of esters is 1. The smallest absolute Gasteiger partial charge is 0.457 e. The van der Waals surface area contributed by atoms with Crippen molar-refractivity contribution in [3.63, 3.8) is 0 Å². The average Bonchev–Trinajstić information content (AvgIpc) is 2.98. The Morgan fingerprint density at radius 3 is 2.31 bits per heavy atom. The zero-order valence-corrected chi connectivity index (χ0v) is 22.4. The molecule has 0 saturated carbocycles. The molecule has 0 aromatic heterocycles. The Morgan fingerprint density at radius 1 is 1.14 bits per heavy atom. The summed E-state index contributed by atoms with van der Waals surface area (Å²) in [6, 6.07) is 8.16. The molecule has 1 aliphatic rings. The molecule has 0 bridgehead atoms. The lowest BCUT2D eigenvalue weighted by Gasteiger charge is -2.32. The van der Waals surface area contributed by atoms with Gasteiger partial charge >= 0.3 is 19.2 Å². The van der Waals surface area contributed by atoms with E-state index in [1.807, 2.05) is 58.0 Å². The summed E-state index contributed by atoms with van der Waals surface area (Å²) in [4.78, 5) is 28.6. The molecule has 1 aliphatic heterocycles. The van der Waals surface area contributed by atoms with Crippen LogP contribution in [0, 0.1) is 5.92 Å². The molecule has 1 aromatic rings. The van der Waals surface area contributed by atoms with Gasteiger partial charge in [0, 0.05) is 11.5 Å². The van der Waals surface area contributed by atoms with Gasteiger partial charge in [0.2, 0.25) is 0 Å². The van der Waals surface area contributed by atoms with Gasteiger partial charge in [-0.05, 0) is 78.2 Å². The summed E-state index contributed by atoms with van der Waals surface area (Å²) >= 11 is 0. The number of amides is 1. The van der Waals surface area contributed by atoms with E-state index in [0.717, 1.165) is 5.56 Å².